The monoisotopic (exact) mass is 133 g/mol. The molecule has 0 aromatic carbocycles. The van der Waals surface area contributed by atoms with Gasteiger partial charge in [-0.15, -0.1) is 0 Å². The van der Waals surface area contributed by atoms with Gasteiger partial charge in [-0.3, -0.25) is 0 Å². The summed E-state index contributed by atoms with van der Waals surface area (Å²) in [5, 5.41) is 9.97. The van der Waals surface area contributed by atoms with Crippen LogP contribution in [0.5, 0.6) is 0 Å². The van der Waals surface area contributed by atoms with Gasteiger partial charge in [0.05, 0.1) is 0 Å². The Morgan fingerprint density at radius 2 is 2.43 bits per heavy atom. The quantitative estimate of drug-likeness (QED) is 0.335. The van der Waals surface area contributed by atoms with Crippen molar-refractivity contribution in [2.24, 2.45) is 0 Å². The average molecular weight is 133 g/mol. The van der Waals surface area contributed by atoms with Gasteiger partial charge in [0.2, 0.25) is 0 Å². The molecule has 0 aliphatic carbocycles. The first kappa shape index (κ1) is 7.19. The van der Waals surface area contributed by atoms with Gasteiger partial charge in [0.25, 0.3) is 0 Å². The summed E-state index contributed by atoms with van der Waals surface area (Å²) in [6.45, 7) is 2.10. The zero-order chi connectivity index (χ0) is 5.54. The van der Waals surface area contributed by atoms with Gasteiger partial charge in [0, 0.05) is 16.5 Å². The first-order valence-corrected chi connectivity index (χ1v) is 4.41. The normalized spacial score (nSPS) is 8.00. The Kier molecular flexibility index (Phi) is 6.36. The van der Waals surface area contributed by atoms with Crippen LogP contribution in [0, 0.1) is 10.7 Å². The number of nitriles is 1. The van der Waals surface area contributed by atoms with Gasteiger partial charge in [-0.2, -0.15) is 5.26 Å². The molecule has 0 fully saturated rings. The predicted molar refractivity (Wildman–Crippen MR) is 36.0 cm³/mol. The highest BCUT2D eigenvalue weighted by molar-refractivity contribution is 8.78. The van der Waals surface area contributed by atoms with Gasteiger partial charge in [-0.05, 0) is 6.42 Å². The van der Waals surface area contributed by atoms with E-state index in [4.69, 9.17) is 5.26 Å². The molecule has 1 nitrogen and oxygen atoms in total. The molecule has 7 heavy (non-hydrogen) atoms. The van der Waals surface area contributed by atoms with Gasteiger partial charge in [-0.25, -0.2) is 0 Å². The number of thiocyanates is 1. The summed E-state index contributed by atoms with van der Waals surface area (Å²) in [6, 6.07) is 0. The maximum Gasteiger partial charge on any atom is 0.144 e. The summed E-state index contributed by atoms with van der Waals surface area (Å²) in [7, 11) is 2.86. The Bertz CT molecular complexity index is 66.6. The van der Waals surface area contributed by atoms with Crippen LogP contribution in [0.2, 0.25) is 0 Å². The van der Waals surface area contributed by atoms with E-state index < -0.39 is 0 Å². The number of rotatable bonds is 3. The molecular formula is C4H7NS2. The van der Waals surface area contributed by atoms with E-state index in [2.05, 4.69) is 6.92 Å². The van der Waals surface area contributed by atoms with Crippen LogP contribution in [0.25, 0.3) is 0 Å². The fraction of sp³-hybridized carbons (Fsp3) is 0.750. The van der Waals surface area contributed by atoms with Crippen molar-refractivity contribution in [3.05, 3.63) is 0 Å². The van der Waals surface area contributed by atoms with Crippen molar-refractivity contribution >= 4 is 21.6 Å². The Hall–Kier alpha value is 0.190. The molecule has 0 heterocycles. The van der Waals surface area contributed by atoms with E-state index >= 15 is 0 Å². The average Bonchev–Trinajstić information content (AvgIpc) is 1.69. The zero-order valence-corrected chi connectivity index (χ0v) is 5.81. The second-order valence-corrected chi connectivity index (χ2v) is 3.20. The Balaban J connectivity index is 2.60. The van der Waals surface area contributed by atoms with Crippen molar-refractivity contribution in [2.75, 3.05) is 5.75 Å². The van der Waals surface area contributed by atoms with Crippen molar-refractivity contribution in [3.63, 3.8) is 0 Å². The lowest BCUT2D eigenvalue weighted by molar-refractivity contribution is 1.11. The molecular weight excluding hydrogens is 126 g/mol. The highest BCUT2D eigenvalue weighted by Gasteiger charge is 1.80. The number of hydrogen-bond donors (Lipinski definition) is 0. The van der Waals surface area contributed by atoms with Gasteiger partial charge in [0.15, 0.2) is 0 Å². The summed E-state index contributed by atoms with van der Waals surface area (Å²) >= 11 is 0. The maximum absolute atomic E-state index is 7.99. The van der Waals surface area contributed by atoms with Gasteiger partial charge < -0.3 is 0 Å². The van der Waals surface area contributed by atoms with Crippen LogP contribution in [0.3, 0.4) is 0 Å². The molecule has 3 heteroatoms. The lowest BCUT2D eigenvalue weighted by Gasteiger charge is -1.83. The number of hydrogen-bond acceptors (Lipinski definition) is 3. The summed E-state index contributed by atoms with van der Waals surface area (Å²) in [5.74, 6) is 1.08. The molecule has 0 unspecified atom stereocenters. The molecule has 0 saturated carbocycles. The van der Waals surface area contributed by atoms with Crippen LogP contribution in [-0.4, -0.2) is 5.75 Å². The van der Waals surface area contributed by atoms with Crippen LogP contribution in [-0.2, 0) is 0 Å². The molecule has 0 N–H and O–H groups in total. The molecule has 0 aliphatic heterocycles. The molecule has 0 amide bonds. The minimum Gasteiger partial charge on any atom is -0.184 e. The molecule has 0 aliphatic rings. The third-order valence-corrected chi connectivity index (χ3v) is 2.23. The minimum atomic E-state index is 1.08. The summed E-state index contributed by atoms with van der Waals surface area (Å²) in [5.41, 5.74) is 0. The first-order chi connectivity index (χ1) is 3.41. The smallest absolute Gasteiger partial charge is 0.144 e. The van der Waals surface area contributed by atoms with Crippen LogP contribution >= 0.6 is 21.6 Å². The lowest BCUT2D eigenvalue weighted by atomic mass is 10.6. The van der Waals surface area contributed by atoms with Crippen molar-refractivity contribution in [3.8, 4) is 5.40 Å². The summed E-state index contributed by atoms with van der Waals surface area (Å²) < 4.78 is 0. The SMILES string of the molecule is CCCSSC#N. The Labute approximate surface area is 51.9 Å². The Morgan fingerprint density at radius 3 is 2.86 bits per heavy atom. The lowest BCUT2D eigenvalue weighted by Crippen LogP contribution is -1.63. The van der Waals surface area contributed by atoms with Crippen molar-refractivity contribution < 1.29 is 0 Å². The predicted octanol–water partition coefficient (Wildman–Crippen LogP) is 2.26. The molecule has 0 spiro atoms. The van der Waals surface area contributed by atoms with E-state index in [0.29, 0.717) is 0 Å². The van der Waals surface area contributed by atoms with E-state index in [9.17, 15) is 0 Å². The molecule has 0 radical (unpaired) electrons. The van der Waals surface area contributed by atoms with E-state index in [1.807, 2.05) is 5.40 Å². The molecule has 0 atom stereocenters. The second kappa shape index (κ2) is 6.19. The van der Waals surface area contributed by atoms with E-state index in [0.717, 1.165) is 12.2 Å². The fourth-order valence-corrected chi connectivity index (χ4v) is 1.36. The highest BCUT2D eigenvalue weighted by Crippen LogP contribution is 2.19. The maximum atomic E-state index is 7.99. The van der Waals surface area contributed by atoms with E-state index in [1.165, 1.54) is 10.8 Å². The van der Waals surface area contributed by atoms with Gasteiger partial charge >= 0.3 is 0 Å². The molecule has 40 valence electrons. The van der Waals surface area contributed by atoms with Crippen molar-refractivity contribution in [1.29, 1.82) is 5.26 Å². The van der Waals surface area contributed by atoms with Crippen molar-refractivity contribution in [1.82, 2.24) is 0 Å². The van der Waals surface area contributed by atoms with Gasteiger partial charge in [0.1, 0.15) is 5.40 Å². The molecule has 0 aromatic heterocycles. The van der Waals surface area contributed by atoms with Crippen LogP contribution in [0.1, 0.15) is 13.3 Å². The summed E-state index contributed by atoms with van der Waals surface area (Å²) in [6.07, 6.45) is 1.15. The molecule has 0 aromatic rings. The van der Waals surface area contributed by atoms with Crippen molar-refractivity contribution in [2.45, 2.75) is 13.3 Å². The fourth-order valence-electron chi connectivity index (χ4n) is 0.151. The number of nitrogens with zero attached hydrogens (tertiary/aromatic N) is 1. The standard InChI is InChI=1S/C4H7NS2/c1-2-3-6-7-4-5/h2-3H2,1H3. The largest absolute Gasteiger partial charge is 0.184 e. The van der Waals surface area contributed by atoms with E-state index in [1.54, 1.807) is 10.8 Å². The first-order valence-electron chi connectivity index (χ1n) is 2.09. The Morgan fingerprint density at radius 1 is 1.71 bits per heavy atom. The van der Waals surface area contributed by atoms with Crippen LogP contribution in [0.15, 0.2) is 0 Å². The third-order valence-electron chi connectivity index (χ3n) is 0.384. The molecule has 0 rings (SSSR count). The third kappa shape index (κ3) is 6.19. The summed E-state index contributed by atoms with van der Waals surface area (Å²) in [4.78, 5) is 0. The second-order valence-electron chi connectivity index (χ2n) is 0.997. The van der Waals surface area contributed by atoms with Crippen LogP contribution in [0.4, 0.5) is 0 Å². The topological polar surface area (TPSA) is 23.8 Å². The van der Waals surface area contributed by atoms with E-state index in [-0.39, 0.29) is 0 Å². The van der Waals surface area contributed by atoms with Crippen LogP contribution < -0.4 is 0 Å². The highest BCUT2D eigenvalue weighted by atomic mass is 33.1. The zero-order valence-electron chi connectivity index (χ0n) is 4.18. The minimum absolute atomic E-state index is 1.08. The molecule has 0 saturated heterocycles. The molecule has 0 bridgehead atoms. The van der Waals surface area contributed by atoms with Gasteiger partial charge in [-0.1, -0.05) is 17.7 Å².